The number of benzene rings is 1. The van der Waals surface area contributed by atoms with Crippen molar-refractivity contribution in [2.24, 2.45) is 0 Å². The third-order valence-electron chi connectivity index (χ3n) is 2.91. The summed E-state index contributed by atoms with van der Waals surface area (Å²) in [6.45, 7) is 1.55. The maximum atomic E-state index is 12.8. The van der Waals surface area contributed by atoms with Crippen LogP contribution in [0.25, 0.3) is 0 Å². The summed E-state index contributed by atoms with van der Waals surface area (Å²) in [5.41, 5.74) is -0.411. The molecule has 0 fully saturated rings. The second-order valence-electron chi connectivity index (χ2n) is 4.59. The normalized spacial score (nSPS) is 13.6. The molecule has 0 saturated heterocycles. The Morgan fingerprint density at radius 3 is 2.60 bits per heavy atom. The molecule has 0 aliphatic carbocycles. The summed E-state index contributed by atoms with van der Waals surface area (Å²) < 4.78 is 12.8. The van der Waals surface area contributed by atoms with Gasteiger partial charge in [0.15, 0.2) is 0 Å². The highest BCUT2D eigenvalue weighted by molar-refractivity contribution is 5.93. The standard InChI is InChI=1S/C14H14FN3O2/c1-14(20,11-2-4-12(15)5-3-11)9-16-13(19)10-6-7-17-18-8-10/h2-8,20H,9H2,1H3,(H,16,19). The van der Waals surface area contributed by atoms with E-state index < -0.39 is 5.60 Å². The molecule has 20 heavy (non-hydrogen) atoms. The van der Waals surface area contributed by atoms with Crippen molar-refractivity contribution in [2.45, 2.75) is 12.5 Å². The molecule has 2 N–H and O–H groups in total. The van der Waals surface area contributed by atoms with Gasteiger partial charge in [-0.1, -0.05) is 12.1 Å². The van der Waals surface area contributed by atoms with Gasteiger partial charge in [0.25, 0.3) is 5.91 Å². The highest BCUT2D eigenvalue weighted by Crippen LogP contribution is 2.19. The first-order valence-corrected chi connectivity index (χ1v) is 6.02. The number of halogens is 1. The molecule has 1 unspecified atom stereocenters. The van der Waals surface area contributed by atoms with Gasteiger partial charge in [0.05, 0.1) is 24.5 Å². The SMILES string of the molecule is CC(O)(CNC(=O)c1ccnnc1)c1ccc(F)cc1. The molecule has 1 aromatic carbocycles. The molecule has 5 nitrogen and oxygen atoms in total. The van der Waals surface area contributed by atoms with Gasteiger partial charge >= 0.3 is 0 Å². The number of nitrogens with zero attached hydrogens (tertiary/aromatic N) is 2. The van der Waals surface area contributed by atoms with Crippen molar-refractivity contribution >= 4 is 5.91 Å². The van der Waals surface area contributed by atoms with E-state index in [1.165, 1.54) is 42.7 Å². The average molecular weight is 275 g/mol. The molecular formula is C14H14FN3O2. The highest BCUT2D eigenvalue weighted by atomic mass is 19.1. The smallest absolute Gasteiger partial charge is 0.253 e. The fourth-order valence-corrected chi connectivity index (χ4v) is 1.69. The molecular weight excluding hydrogens is 261 g/mol. The van der Waals surface area contributed by atoms with Gasteiger partial charge in [-0.3, -0.25) is 4.79 Å². The molecule has 1 aromatic heterocycles. The zero-order valence-electron chi connectivity index (χ0n) is 10.9. The van der Waals surface area contributed by atoms with E-state index in [2.05, 4.69) is 15.5 Å². The van der Waals surface area contributed by atoms with Crippen LogP contribution in [0.2, 0.25) is 0 Å². The van der Waals surface area contributed by atoms with Gasteiger partial charge in [-0.05, 0) is 30.7 Å². The van der Waals surface area contributed by atoms with Crippen molar-refractivity contribution in [3.05, 3.63) is 59.7 Å². The number of hydrogen-bond donors (Lipinski definition) is 2. The predicted octanol–water partition coefficient (Wildman–Crippen LogP) is 1.25. The number of rotatable bonds is 4. The van der Waals surface area contributed by atoms with E-state index in [0.29, 0.717) is 11.1 Å². The van der Waals surface area contributed by atoms with E-state index in [-0.39, 0.29) is 18.3 Å². The Labute approximate surface area is 115 Å². The summed E-state index contributed by atoms with van der Waals surface area (Å²) in [6, 6.07) is 7.01. The van der Waals surface area contributed by atoms with Crippen LogP contribution in [-0.2, 0) is 5.60 Å². The maximum Gasteiger partial charge on any atom is 0.253 e. The maximum absolute atomic E-state index is 12.8. The van der Waals surface area contributed by atoms with Crippen molar-refractivity contribution < 1.29 is 14.3 Å². The summed E-state index contributed by atoms with van der Waals surface area (Å²) in [7, 11) is 0. The third kappa shape index (κ3) is 3.36. The number of aliphatic hydroxyl groups is 1. The summed E-state index contributed by atoms with van der Waals surface area (Å²) >= 11 is 0. The van der Waals surface area contributed by atoms with E-state index >= 15 is 0 Å². The number of carbonyl (C=O) groups excluding carboxylic acids is 1. The topological polar surface area (TPSA) is 75.1 Å². The first-order chi connectivity index (χ1) is 9.49. The van der Waals surface area contributed by atoms with E-state index in [1.807, 2.05) is 0 Å². The lowest BCUT2D eigenvalue weighted by molar-refractivity contribution is 0.0525. The van der Waals surface area contributed by atoms with E-state index in [9.17, 15) is 14.3 Å². The molecule has 1 amide bonds. The zero-order chi connectivity index (χ0) is 14.6. The lowest BCUT2D eigenvalue weighted by Crippen LogP contribution is -2.38. The fourth-order valence-electron chi connectivity index (χ4n) is 1.69. The van der Waals surface area contributed by atoms with Crippen LogP contribution in [0.4, 0.5) is 4.39 Å². The number of amides is 1. The average Bonchev–Trinajstić information content (AvgIpc) is 2.46. The quantitative estimate of drug-likeness (QED) is 0.880. The van der Waals surface area contributed by atoms with Gasteiger partial charge in [0, 0.05) is 0 Å². The fraction of sp³-hybridized carbons (Fsp3) is 0.214. The van der Waals surface area contributed by atoms with Crippen molar-refractivity contribution in [1.82, 2.24) is 15.5 Å². The number of aromatic nitrogens is 2. The zero-order valence-corrected chi connectivity index (χ0v) is 10.9. The lowest BCUT2D eigenvalue weighted by atomic mass is 9.96. The van der Waals surface area contributed by atoms with Crippen molar-refractivity contribution in [3.8, 4) is 0 Å². The van der Waals surface area contributed by atoms with Crippen LogP contribution in [-0.4, -0.2) is 27.8 Å². The highest BCUT2D eigenvalue weighted by Gasteiger charge is 2.24. The van der Waals surface area contributed by atoms with Crippen LogP contribution in [0, 0.1) is 5.82 Å². The van der Waals surface area contributed by atoms with Crippen LogP contribution in [0.1, 0.15) is 22.8 Å². The van der Waals surface area contributed by atoms with Crippen molar-refractivity contribution in [1.29, 1.82) is 0 Å². The minimum absolute atomic E-state index is 0.000210. The van der Waals surface area contributed by atoms with Gasteiger partial charge in [-0.2, -0.15) is 10.2 Å². The molecule has 104 valence electrons. The molecule has 0 aliphatic heterocycles. The molecule has 1 heterocycles. The Kier molecular flexibility index (Phi) is 4.05. The van der Waals surface area contributed by atoms with Crippen molar-refractivity contribution in [2.75, 3.05) is 6.54 Å². The van der Waals surface area contributed by atoms with Gasteiger partial charge in [-0.15, -0.1) is 0 Å². The summed E-state index contributed by atoms with van der Waals surface area (Å²) in [5.74, 6) is -0.737. The van der Waals surface area contributed by atoms with Crippen molar-refractivity contribution in [3.63, 3.8) is 0 Å². The Balaban J connectivity index is 2.02. The molecule has 0 spiro atoms. The Morgan fingerprint density at radius 2 is 2.00 bits per heavy atom. The van der Waals surface area contributed by atoms with Gasteiger partial charge in [0.1, 0.15) is 11.4 Å². The minimum atomic E-state index is -1.29. The third-order valence-corrected chi connectivity index (χ3v) is 2.91. The van der Waals surface area contributed by atoms with Crippen LogP contribution >= 0.6 is 0 Å². The second kappa shape index (κ2) is 5.75. The summed E-state index contributed by atoms with van der Waals surface area (Å²) in [5, 5.41) is 20.1. The number of nitrogens with one attached hydrogen (secondary N) is 1. The molecule has 0 aliphatic rings. The molecule has 2 aromatic rings. The second-order valence-corrected chi connectivity index (χ2v) is 4.59. The van der Waals surface area contributed by atoms with Gasteiger partial charge in [-0.25, -0.2) is 4.39 Å². The largest absolute Gasteiger partial charge is 0.384 e. The van der Waals surface area contributed by atoms with Crippen LogP contribution in [0.3, 0.4) is 0 Å². The van der Waals surface area contributed by atoms with Gasteiger partial charge in [0.2, 0.25) is 0 Å². The monoisotopic (exact) mass is 275 g/mol. The Hall–Kier alpha value is -2.34. The van der Waals surface area contributed by atoms with Crippen LogP contribution in [0.5, 0.6) is 0 Å². The molecule has 6 heteroatoms. The van der Waals surface area contributed by atoms with Gasteiger partial charge < -0.3 is 10.4 Å². The molecule has 0 saturated carbocycles. The van der Waals surface area contributed by atoms with Crippen LogP contribution in [0.15, 0.2) is 42.7 Å². The Morgan fingerprint density at radius 1 is 1.30 bits per heavy atom. The number of carbonyl (C=O) groups is 1. The van der Waals surface area contributed by atoms with E-state index in [1.54, 1.807) is 6.92 Å². The molecule has 2 rings (SSSR count). The Bertz CT molecular complexity index is 585. The molecule has 1 atom stereocenters. The van der Waals surface area contributed by atoms with E-state index in [0.717, 1.165) is 0 Å². The predicted molar refractivity (Wildman–Crippen MR) is 70.3 cm³/mol. The van der Waals surface area contributed by atoms with E-state index in [4.69, 9.17) is 0 Å². The first kappa shape index (κ1) is 14.1. The van der Waals surface area contributed by atoms with Crippen LogP contribution < -0.4 is 5.32 Å². The lowest BCUT2D eigenvalue weighted by Gasteiger charge is -2.24. The molecule has 0 radical (unpaired) electrons. The first-order valence-electron chi connectivity index (χ1n) is 6.02. The molecule has 0 bridgehead atoms. The summed E-state index contributed by atoms with van der Waals surface area (Å²) in [6.07, 6.45) is 2.75. The number of hydrogen-bond acceptors (Lipinski definition) is 4. The summed E-state index contributed by atoms with van der Waals surface area (Å²) in [4.78, 5) is 11.8. The minimum Gasteiger partial charge on any atom is -0.384 e.